The lowest BCUT2D eigenvalue weighted by atomic mass is 10.0. The van der Waals surface area contributed by atoms with Crippen LogP contribution in [0.2, 0.25) is 0 Å². The molecule has 7 nitrogen and oxygen atoms in total. The summed E-state index contributed by atoms with van der Waals surface area (Å²) < 4.78 is 4.64. The van der Waals surface area contributed by atoms with Gasteiger partial charge in [-0.15, -0.1) is 15.7 Å². The van der Waals surface area contributed by atoms with Crippen LogP contribution in [0.5, 0.6) is 0 Å². The molecule has 0 aromatic carbocycles. The van der Waals surface area contributed by atoms with E-state index in [1.807, 2.05) is 0 Å². The van der Waals surface area contributed by atoms with Gasteiger partial charge in [0, 0.05) is 28.5 Å². The second kappa shape index (κ2) is 7.29. The van der Waals surface area contributed by atoms with Gasteiger partial charge in [0.2, 0.25) is 0 Å². The molecule has 2 aromatic rings. The van der Waals surface area contributed by atoms with Crippen LogP contribution in [-0.2, 0) is 35.7 Å². The molecule has 150 valence electrons. The highest BCUT2D eigenvalue weighted by molar-refractivity contribution is 7.87. The first kappa shape index (κ1) is 19.6. The van der Waals surface area contributed by atoms with E-state index < -0.39 is 22.5 Å². The molecule has 0 spiro atoms. The van der Waals surface area contributed by atoms with Crippen molar-refractivity contribution in [1.82, 2.24) is 9.97 Å². The van der Waals surface area contributed by atoms with Crippen LogP contribution in [0, 0.1) is 0 Å². The van der Waals surface area contributed by atoms with Crippen LogP contribution in [0.3, 0.4) is 0 Å². The van der Waals surface area contributed by atoms with E-state index in [0.29, 0.717) is 15.1 Å². The van der Waals surface area contributed by atoms with E-state index in [4.69, 9.17) is 10.1 Å². The Labute approximate surface area is 171 Å². The highest BCUT2D eigenvalue weighted by atomic mass is 32.2. The average Bonchev–Trinajstić information content (AvgIpc) is 3.34. The summed E-state index contributed by atoms with van der Waals surface area (Å²) in [6.45, 7) is 5.57. The lowest BCUT2D eigenvalue weighted by molar-refractivity contribution is 0.0823. The van der Waals surface area contributed by atoms with Gasteiger partial charge < -0.3 is 10.4 Å². The van der Waals surface area contributed by atoms with E-state index in [2.05, 4.69) is 21.6 Å². The fraction of sp³-hybridized carbons (Fsp3) is 0.526. The van der Waals surface area contributed by atoms with Crippen molar-refractivity contribution in [1.29, 1.82) is 0 Å². The molecule has 0 saturated heterocycles. The van der Waals surface area contributed by atoms with Gasteiger partial charge in [0.15, 0.2) is 4.34 Å². The van der Waals surface area contributed by atoms with Crippen LogP contribution >= 0.6 is 11.3 Å². The SMILES string of the molecule is CC1CCc2c1nc1c(c2NC(=O)/N=S(\N)c2ncc(C(C)(C)O)s2)CCC1. The van der Waals surface area contributed by atoms with Crippen molar-refractivity contribution in [3.8, 4) is 0 Å². The minimum Gasteiger partial charge on any atom is -0.385 e. The Balaban J connectivity index is 1.60. The summed E-state index contributed by atoms with van der Waals surface area (Å²) >= 11 is 1.28. The van der Waals surface area contributed by atoms with E-state index in [-0.39, 0.29) is 0 Å². The van der Waals surface area contributed by atoms with Crippen LogP contribution in [0.15, 0.2) is 14.9 Å². The number of hydrogen-bond acceptors (Lipinski definition) is 5. The molecule has 2 unspecified atom stereocenters. The van der Waals surface area contributed by atoms with Crippen molar-refractivity contribution in [2.24, 2.45) is 9.50 Å². The van der Waals surface area contributed by atoms with Gasteiger partial charge in [-0.25, -0.2) is 9.78 Å². The molecule has 2 aliphatic carbocycles. The smallest absolute Gasteiger partial charge is 0.352 e. The topological polar surface area (TPSA) is 113 Å². The van der Waals surface area contributed by atoms with Crippen molar-refractivity contribution in [3.63, 3.8) is 0 Å². The summed E-state index contributed by atoms with van der Waals surface area (Å²) in [6.07, 6.45) is 6.56. The zero-order valence-electron chi connectivity index (χ0n) is 16.3. The molecule has 2 amide bonds. The molecule has 4 rings (SSSR count). The summed E-state index contributed by atoms with van der Waals surface area (Å²) in [5.74, 6) is 0.424. The fourth-order valence-corrected chi connectivity index (χ4v) is 5.68. The number of anilines is 1. The number of nitrogens with one attached hydrogen (secondary N) is 1. The van der Waals surface area contributed by atoms with Gasteiger partial charge in [-0.05, 0) is 63.0 Å². The van der Waals surface area contributed by atoms with E-state index in [9.17, 15) is 9.90 Å². The number of pyridine rings is 1. The molecule has 9 heteroatoms. The van der Waals surface area contributed by atoms with Gasteiger partial charge in [0.05, 0.1) is 16.2 Å². The lowest BCUT2D eigenvalue weighted by Crippen LogP contribution is -2.15. The molecule has 0 bridgehead atoms. The van der Waals surface area contributed by atoms with Crippen LogP contribution in [0.4, 0.5) is 10.5 Å². The predicted molar refractivity (Wildman–Crippen MR) is 112 cm³/mol. The van der Waals surface area contributed by atoms with Gasteiger partial charge >= 0.3 is 6.03 Å². The Morgan fingerprint density at radius 3 is 2.89 bits per heavy atom. The molecule has 0 saturated carbocycles. The highest BCUT2D eigenvalue weighted by Gasteiger charge is 2.30. The largest absolute Gasteiger partial charge is 0.385 e. The van der Waals surface area contributed by atoms with Crippen LogP contribution in [-0.4, -0.2) is 21.1 Å². The molecule has 0 radical (unpaired) electrons. The second-order valence-electron chi connectivity index (χ2n) is 7.95. The van der Waals surface area contributed by atoms with Gasteiger partial charge in [-0.1, -0.05) is 6.92 Å². The summed E-state index contributed by atoms with van der Waals surface area (Å²) in [7, 11) is -1.16. The normalized spacial score (nSPS) is 19.5. The summed E-state index contributed by atoms with van der Waals surface area (Å²) in [5, 5.41) is 19.2. The maximum Gasteiger partial charge on any atom is 0.352 e. The molecule has 2 aliphatic rings. The fourth-order valence-electron chi connectivity index (χ4n) is 3.85. The Morgan fingerprint density at radius 2 is 2.18 bits per heavy atom. The van der Waals surface area contributed by atoms with Gasteiger partial charge in [0.1, 0.15) is 0 Å². The third-order valence-corrected chi connectivity index (χ3v) is 8.02. The Bertz CT molecular complexity index is 977. The molecule has 28 heavy (non-hydrogen) atoms. The van der Waals surface area contributed by atoms with Crippen molar-refractivity contribution in [3.05, 3.63) is 33.6 Å². The Hall–Kier alpha value is -1.68. The third kappa shape index (κ3) is 3.63. The van der Waals surface area contributed by atoms with E-state index in [0.717, 1.165) is 60.3 Å². The number of aliphatic hydroxyl groups is 1. The number of nitrogens with zero attached hydrogens (tertiary/aromatic N) is 3. The number of urea groups is 1. The number of hydrogen-bond donors (Lipinski definition) is 3. The summed E-state index contributed by atoms with van der Waals surface area (Å²) in [6, 6.07) is -0.451. The second-order valence-corrected chi connectivity index (χ2v) is 10.4. The standard InChI is InChI=1S/C19H25N5O2S2/c1-10-7-8-12-15(10)22-13-6-4-5-11(13)16(12)23-17(25)24-28(20)18-21-9-14(27-18)19(2,3)26/h9-10,26H,4-8H2,1-3H3,(H3,20,22,23,24,25). The zero-order valence-corrected chi connectivity index (χ0v) is 17.9. The van der Waals surface area contributed by atoms with E-state index in [1.165, 1.54) is 11.3 Å². The first-order valence-electron chi connectivity index (χ1n) is 9.48. The molecule has 0 aliphatic heterocycles. The minimum atomic E-state index is -1.16. The van der Waals surface area contributed by atoms with Crippen molar-refractivity contribution < 1.29 is 9.90 Å². The first-order chi connectivity index (χ1) is 13.2. The number of amides is 2. The van der Waals surface area contributed by atoms with Crippen molar-refractivity contribution in [2.75, 3.05) is 5.32 Å². The van der Waals surface area contributed by atoms with Gasteiger partial charge in [0.25, 0.3) is 0 Å². The van der Waals surface area contributed by atoms with E-state index in [1.54, 1.807) is 20.0 Å². The Kier molecular flexibility index (Phi) is 5.11. The maximum absolute atomic E-state index is 12.6. The number of aromatic nitrogens is 2. The van der Waals surface area contributed by atoms with Crippen LogP contribution in [0.25, 0.3) is 0 Å². The monoisotopic (exact) mass is 419 g/mol. The third-order valence-electron chi connectivity index (χ3n) is 5.33. The Morgan fingerprint density at radius 1 is 1.39 bits per heavy atom. The number of carbonyl (C=O) groups excluding carboxylic acids is 1. The minimum absolute atomic E-state index is 0.424. The number of fused-ring (bicyclic) bond motifs is 2. The highest BCUT2D eigenvalue weighted by Crippen LogP contribution is 2.41. The molecule has 2 atom stereocenters. The van der Waals surface area contributed by atoms with Crippen molar-refractivity contribution in [2.45, 2.75) is 68.7 Å². The maximum atomic E-state index is 12.6. The molecular formula is C19H25N5O2S2. The summed E-state index contributed by atoms with van der Waals surface area (Å²) in [5.41, 5.74) is 4.47. The van der Waals surface area contributed by atoms with E-state index >= 15 is 0 Å². The molecule has 2 heterocycles. The van der Waals surface area contributed by atoms with Crippen molar-refractivity contribution >= 4 is 33.9 Å². The number of aryl methyl sites for hydroxylation is 1. The molecule has 2 aromatic heterocycles. The molecule has 4 N–H and O–H groups in total. The first-order valence-corrected chi connectivity index (χ1v) is 11.5. The van der Waals surface area contributed by atoms with Crippen LogP contribution in [0.1, 0.15) is 66.9 Å². The number of thiazole rings is 1. The number of carbonyl (C=O) groups is 1. The lowest BCUT2D eigenvalue weighted by Gasteiger charge is -2.15. The molecule has 0 fully saturated rings. The summed E-state index contributed by atoms with van der Waals surface area (Å²) in [4.78, 5) is 22.4. The quantitative estimate of drug-likeness (QED) is 0.704. The number of rotatable bonds is 3. The van der Waals surface area contributed by atoms with Gasteiger partial charge in [-0.2, -0.15) is 0 Å². The van der Waals surface area contributed by atoms with Gasteiger partial charge in [-0.3, -0.25) is 10.1 Å². The molecular weight excluding hydrogens is 394 g/mol. The number of nitrogens with two attached hydrogens (primary N) is 1. The average molecular weight is 420 g/mol. The zero-order chi connectivity index (χ0) is 20.1. The van der Waals surface area contributed by atoms with Crippen LogP contribution < -0.4 is 10.5 Å². The predicted octanol–water partition coefficient (Wildman–Crippen LogP) is 3.57.